The number of carbonyl (C=O) groups is 1. The Bertz CT molecular complexity index is 1540. The van der Waals surface area contributed by atoms with Gasteiger partial charge in [0.2, 0.25) is 0 Å². The van der Waals surface area contributed by atoms with E-state index in [0.29, 0.717) is 41.7 Å². The van der Waals surface area contributed by atoms with E-state index in [0.717, 1.165) is 21.2 Å². The number of carbonyl (C=O) groups excluding carboxylic acids is 1. The Kier molecular flexibility index (Phi) is 9.98. The highest BCUT2D eigenvalue weighted by Crippen LogP contribution is 2.31. The van der Waals surface area contributed by atoms with Gasteiger partial charge in [0, 0.05) is 15.7 Å². The Balaban J connectivity index is 1.50. The molecule has 0 saturated heterocycles. The zero-order valence-electron chi connectivity index (χ0n) is 22.3. The molecule has 0 bridgehead atoms. The molecule has 4 rings (SSSR count). The summed E-state index contributed by atoms with van der Waals surface area (Å²) in [5.74, 6) is 1.33. The van der Waals surface area contributed by atoms with Crippen LogP contribution in [0.4, 0.5) is 5.69 Å². The lowest BCUT2D eigenvalue weighted by Crippen LogP contribution is -2.14. The van der Waals surface area contributed by atoms with Gasteiger partial charge in [0.25, 0.3) is 5.91 Å². The van der Waals surface area contributed by atoms with Crippen molar-refractivity contribution in [3.63, 3.8) is 0 Å². The molecule has 4 aromatic rings. The molecule has 4 aromatic carbocycles. The molecule has 40 heavy (non-hydrogen) atoms. The van der Waals surface area contributed by atoms with Crippen LogP contribution in [-0.2, 0) is 18.0 Å². The van der Waals surface area contributed by atoms with Gasteiger partial charge in [0.1, 0.15) is 30.6 Å². The van der Waals surface area contributed by atoms with Crippen LogP contribution in [0.2, 0.25) is 0 Å². The summed E-state index contributed by atoms with van der Waals surface area (Å²) >= 11 is 3.47. The van der Waals surface area contributed by atoms with Crippen LogP contribution in [0.5, 0.6) is 17.2 Å². The minimum absolute atomic E-state index is 0.0373. The zero-order chi connectivity index (χ0) is 28.3. The van der Waals surface area contributed by atoms with E-state index in [1.807, 2.05) is 92.7 Å². The molecule has 1 N–H and O–H groups in total. The molecule has 0 aromatic heterocycles. The van der Waals surface area contributed by atoms with Crippen LogP contribution in [0.15, 0.2) is 101 Å². The minimum Gasteiger partial charge on any atom is -0.490 e. The Morgan fingerprint density at radius 1 is 0.850 bits per heavy atom. The largest absolute Gasteiger partial charge is 0.490 e. The lowest BCUT2D eigenvalue weighted by Gasteiger charge is -2.15. The van der Waals surface area contributed by atoms with Gasteiger partial charge in [-0.15, -0.1) is 0 Å². The summed E-state index contributed by atoms with van der Waals surface area (Å²) < 4.78 is 18.8. The smallest absolute Gasteiger partial charge is 0.266 e. The molecule has 0 atom stereocenters. The van der Waals surface area contributed by atoms with E-state index in [1.54, 1.807) is 18.2 Å². The molecule has 0 aliphatic carbocycles. The molecule has 7 heteroatoms. The second-order valence-corrected chi connectivity index (χ2v) is 9.81. The second kappa shape index (κ2) is 14.0. The molecule has 0 radical (unpaired) electrons. The van der Waals surface area contributed by atoms with Gasteiger partial charge in [0.15, 0.2) is 11.5 Å². The summed E-state index contributed by atoms with van der Waals surface area (Å²) in [6.45, 7) is 5.00. The maximum atomic E-state index is 12.9. The Morgan fingerprint density at radius 2 is 1.55 bits per heavy atom. The summed E-state index contributed by atoms with van der Waals surface area (Å²) in [7, 11) is 0. The number of hydrogen-bond acceptors (Lipinski definition) is 5. The highest BCUT2D eigenvalue weighted by molar-refractivity contribution is 9.10. The number of nitrogens with one attached hydrogen (secondary N) is 1. The minimum atomic E-state index is -0.491. The standard InChI is InChI=1S/C33H29BrN2O4/c1-3-38-32-17-25(13-15-31(32)40-21-24-10-5-4-6-11-24)22-39-30-16-14-28(34)19-26(30)18-27(20-35)33(37)36-29-12-8-7-9-23(29)2/h4-19H,3,21-22H2,1-2H3,(H,36,37)/b27-18-. The van der Waals surface area contributed by atoms with E-state index < -0.39 is 5.91 Å². The highest BCUT2D eigenvalue weighted by atomic mass is 79.9. The van der Waals surface area contributed by atoms with Gasteiger partial charge in [-0.2, -0.15) is 5.26 Å². The quantitative estimate of drug-likeness (QED) is 0.141. The molecule has 0 aliphatic heterocycles. The molecule has 0 unspecified atom stereocenters. The maximum absolute atomic E-state index is 12.9. The van der Waals surface area contributed by atoms with Gasteiger partial charge in [-0.3, -0.25) is 4.79 Å². The molecular formula is C33H29BrN2O4. The third-order valence-corrected chi connectivity index (χ3v) is 6.46. The number of para-hydroxylation sites is 1. The van der Waals surface area contributed by atoms with Crippen LogP contribution in [0.3, 0.4) is 0 Å². The first-order valence-corrected chi connectivity index (χ1v) is 13.6. The van der Waals surface area contributed by atoms with Gasteiger partial charge in [-0.1, -0.05) is 70.5 Å². The Labute approximate surface area is 243 Å². The van der Waals surface area contributed by atoms with E-state index in [9.17, 15) is 10.1 Å². The molecule has 0 saturated carbocycles. The van der Waals surface area contributed by atoms with E-state index in [4.69, 9.17) is 14.2 Å². The summed E-state index contributed by atoms with van der Waals surface area (Å²) in [4.78, 5) is 12.9. The lowest BCUT2D eigenvalue weighted by molar-refractivity contribution is -0.112. The van der Waals surface area contributed by atoms with Crippen LogP contribution in [-0.4, -0.2) is 12.5 Å². The summed E-state index contributed by atoms with van der Waals surface area (Å²) in [5.41, 5.74) is 4.07. The SMILES string of the molecule is CCOc1cc(COc2ccc(Br)cc2/C=C(/C#N)C(=O)Nc2ccccc2C)ccc1OCc1ccccc1. The number of benzene rings is 4. The number of amides is 1. The van der Waals surface area contributed by atoms with Crippen molar-refractivity contribution in [1.29, 1.82) is 5.26 Å². The fourth-order valence-electron chi connectivity index (χ4n) is 3.90. The molecule has 0 spiro atoms. The average Bonchev–Trinajstić information content (AvgIpc) is 2.96. The topological polar surface area (TPSA) is 80.6 Å². The molecule has 0 fully saturated rings. The molecule has 202 valence electrons. The lowest BCUT2D eigenvalue weighted by atomic mass is 10.1. The van der Waals surface area contributed by atoms with Crippen molar-refractivity contribution in [3.8, 4) is 23.3 Å². The van der Waals surface area contributed by atoms with Gasteiger partial charge in [0.05, 0.1) is 6.61 Å². The van der Waals surface area contributed by atoms with E-state index in [2.05, 4.69) is 21.2 Å². The fraction of sp³-hybridized carbons (Fsp3) is 0.152. The van der Waals surface area contributed by atoms with Crippen molar-refractivity contribution in [1.82, 2.24) is 0 Å². The Morgan fingerprint density at radius 3 is 2.30 bits per heavy atom. The summed E-state index contributed by atoms with van der Waals surface area (Å²) in [6, 6.07) is 30.5. The van der Waals surface area contributed by atoms with Crippen LogP contribution >= 0.6 is 15.9 Å². The number of halogens is 1. The summed E-state index contributed by atoms with van der Waals surface area (Å²) in [6.07, 6.45) is 1.53. The predicted molar refractivity (Wildman–Crippen MR) is 160 cm³/mol. The third kappa shape index (κ3) is 7.75. The van der Waals surface area contributed by atoms with E-state index in [-0.39, 0.29) is 12.2 Å². The van der Waals surface area contributed by atoms with Crippen molar-refractivity contribution in [2.24, 2.45) is 0 Å². The number of rotatable bonds is 11. The van der Waals surface area contributed by atoms with Gasteiger partial charge < -0.3 is 19.5 Å². The first-order valence-electron chi connectivity index (χ1n) is 12.8. The molecule has 1 amide bonds. The zero-order valence-corrected chi connectivity index (χ0v) is 23.9. The number of hydrogen-bond donors (Lipinski definition) is 1. The van der Waals surface area contributed by atoms with Crippen molar-refractivity contribution < 1.29 is 19.0 Å². The molecular weight excluding hydrogens is 568 g/mol. The molecule has 6 nitrogen and oxygen atoms in total. The van der Waals surface area contributed by atoms with Gasteiger partial charge in [-0.05, 0) is 73.0 Å². The number of nitriles is 1. The number of anilines is 1. The second-order valence-electron chi connectivity index (χ2n) is 8.90. The number of nitrogens with zero attached hydrogens (tertiary/aromatic N) is 1. The highest BCUT2D eigenvalue weighted by Gasteiger charge is 2.14. The average molecular weight is 598 g/mol. The number of ether oxygens (including phenoxy) is 3. The fourth-order valence-corrected chi connectivity index (χ4v) is 4.28. The van der Waals surface area contributed by atoms with Crippen molar-refractivity contribution in [3.05, 3.63) is 123 Å². The van der Waals surface area contributed by atoms with Crippen molar-refractivity contribution >= 4 is 33.6 Å². The van der Waals surface area contributed by atoms with Crippen molar-refractivity contribution in [2.75, 3.05) is 11.9 Å². The third-order valence-electron chi connectivity index (χ3n) is 5.97. The van der Waals surface area contributed by atoms with Crippen LogP contribution < -0.4 is 19.5 Å². The first kappa shape index (κ1) is 28.5. The van der Waals surface area contributed by atoms with Crippen molar-refractivity contribution in [2.45, 2.75) is 27.1 Å². The van der Waals surface area contributed by atoms with Gasteiger partial charge >= 0.3 is 0 Å². The summed E-state index contributed by atoms with van der Waals surface area (Å²) in [5, 5.41) is 12.5. The molecule has 0 heterocycles. The molecule has 0 aliphatic rings. The maximum Gasteiger partial charge on any atom is 0.266 e. The van der Waals surface area contributed by atoms with Crippen LogP contribution in [0, 0.1) is 18.3 Å². The Hall–Kier alpha value is -4.54. The van der Waals surface area contributed by atoms with Crippen LogP contribution in [0.25, 0.3) is 6.08 Å². The normalized spacial score (nSPS) is 10.9. The first-order chi connectivity index (χ1) is 19.5. The number of aryl methyl sites for hydroxylation is 1. The van der Waals surface area contributed by atoms with E-state index in [1.165, 1.54) is 6.08 Å². The van der Waals surface area contributed by atoms with Crippen LogP contribution in [0.1, 0.15) is 29.2 Å². The predicted octanol–water partition coefficient (Wildman–Crippen LogP) is 7.86. The monoisotopic (exact) mass is 596 g/mol. The van der Waals surface area contributed by atoms with Gasteiger partial charge in [-0.25, -0.2) is 0 Å². The van der Waals surface area contributed by atoms with E-state index >= 15 is 0 Å².